The van der Waals surface area contributed by atoms with E-state index in [1.165, 1.54) is 47.3 Å². The van der Waals surface area contributed by atoms with Crippen LogP contribution in [0.3, 0.4) is 0 Å². The summed E-state index contributed by atoms with van der Waals surface area (Å²) in [5.74, 6) is -0.425. The molecule has 10 heteroatoms. The maximum Gasteiger partial charge on any atom is 0.328 e. The Bertz CT molecular complexity index is 881. The van der Waals surface area contributed by atoms with Gasteiger partial charge in [0, 0.05) is 37.4 Å². The quantitative estimate of drug-likeness (QED) is 0.435. The molecule has 124 valence electrons. The van der Waals surface area contributed by atoms with Gasteiger partial charge in [0.2, 0.25) is 5.91 Å². The lowest BCUT2D eigenvalue weighted by Crippen LogP contribution is -2.30. The number of amides is 1. The number of aromatic nitrogens is 2. The van der Waals surface area contributed by atoms with Crippen LogP contribution in [0, 0.1) is 10.1 Å². The van der Waals surface area contributed by atoms with Gasteiger partial charge in [-0.3, -0.25) is 24.7 Å². The summed E-state index contributed by atoms with van der Waals surface area (Å²) in [6.45, 7) is 0.0918. The first-order valence-electron chi connectivity index (χ1n) is 6.82. The maximum atomic E-state index is 11.6. The van der Waals surface area contributed by atoms with E-state index in [0.717, 1.165) is 0 Å². The number of aromatic amines is 1. The first kappa shape index (κ1) is 16.8. The van der Waals surface area contributed by atoms with Gasteiger partial charge in [-0.2, -0.15) is 5.10 Å². The molecule has 0 fully saturated rings. The molecule has 0 saturated heterocycles. The van der Waals surface area contributed by atoms with E-state index in [1.54, 1.807) is 0 Å². The van der Waals surface area contributed by atoms with E-state index >= 15 is 0 Å². The average Bonchev–Trinajstić information content (AvgIpc) is 2.54. The van der Waals surface area contributed by atoms with Crippen molar-refractivity contribution in [2.75, 3.05) is 0 Å². The lowest BCUT2D eigenvalue weighted by atomic mass is 10.2. The fraction of sp³-hybridized carbons (Fsp3) is 0.143. The number of nitrogens with one attached hydrogen (secondary N) is 2. The van der Waals surface area contributed by atoms with Crippen LogP contribution in [0.1, 0.15) is 12.0 Å². The molecule has 0 aliphatic carbocycles. The molecule has 0 bridgehead atoms. The van der Waals surface area contributed by atoms with Gasteiger partial charge in [0.05, 0.1) is 11.1 Å². The number of non-ortho nitro benzene ring substituents is 1. The highest BCUT2D eigenvalue weighted by molar-refractivity contribution is 5.82. The standard InChI is InChI=1S/C14H13N5O5/c20-12-5-7-18(14(22)16-12)8-6-13(21)17-15-9-10-1-3-11(4-2-10)19(23)24/h1-5,7,9H,6,8H2,(H,17,21)(H,16,20,22). The van der Waals surface area contributed by atoms with Crippen molar-refractivity contribution >= 4 is 17.8 Å². The third kappa shape index (κ3) is 4.73. The van der Waals surface area contributed by atoms with Gasteiger partial charge >= 0.3 is 5.69 Å². The Morgan fingerprint density at radius 2 is 2.00 bits per heavy atom. The average molecular weight is 331 g/mol. The molecule has 0 radical (unpaired) electrons. The molecule has 10 nitrogen and oxygen atoms in total. The van der Waals surface area contributed by atoms with Crippen LogP contribution in [-0.4, -0.2) is 26.6 Å². The van der Waals surface area contributed by atoms with Gasteiger partial charge in [0.25, 0.3) is 11.2 Å². The molecule has 0 spiro atoms. The predicted molar refractivity (Wildman–Crippen MR) is 84.8 cm³/mol. The van der Waals surface area contributed by atoms with Gasteiger partial charge < -0.3 is 4.57 Å². The molecular weight excluding hydrogens is 318 g/mol. The van der Waals surface area contributed by atoms with Crippen LogP contribution < -0.4 is 16.7 Å². The van der Waals surface area contributed by atoms with E-state index in [-0.39, 0.29) is 18.7 Å². The minimum absolute atomic E-state index is 0.0104. The van der Waals surface area contributed by atoms with Crippen LogP contribution in [0.25, 0.3) is 0 Å². The zero-order valence-corrected chi connectivity index (χ0v) is 12.3. The van der Waals surface area contributed by atoms with Crippen LogP contribution in [0.15, 0.2) is 51.2 Å². The molecule has 1 heterocycles. The summed E-state index contributed by atoms with van der Waals surface area (Å²) in [5, 5.41) is 14.2. The van der Waals surface area contributed by atoms with Gasteiger partial charge in [0.15, 0.2) is 0 Å². The Kier molecular flexibility index (Phi) is 5.34. The third-order valence-corrected chi connectivity index (χ3v) is 2.98. The Labute approximate surface area is 134 Å². The van der Waals surface area contributed by atoms with Crippen LogP contribution in [0.4, 0.5) is 5.69 Å². The fourth-order valence-electron chi connectivity index (χ4n) is 1.76. The summed E-state index contributed by atoms with van der Waals surface area (Å²) in [6.07, 6.45) is 2.63. The lowest BCUT2D eigenvalue weighted by molar-refractivity contribution is -0.384. The number of nitro benzene ring substituents is 1. The molecule has 2 aromatic rings. The third-order valence-electron chi connectivity index (χ3n) is 2.98. The Morgan fingerprint density at radius 1 is 1.29 bits per heavy atom. The molecule has 0 saturated carbocycles. The molecule has 2 rings (SSSR count). The zero-order valence-electron chi connectivity index (χ0n) is 12.3. The van der Waals surface area contributed by atoms with Crippen LogP contribution in [0.5, 0.6) is 0 Å². The van der Waals surface area contributed by atoms with Crippen molar-refractivity contribution in [3.8, 4) is 0 Å². The second-order valence-electron chi connectivity index (χ2n) is 4.70. The van der Waals surface area contributed by atoms with E-state index in [9.17, 15) is 24.5 Å². The first-order valence-corrected chi connectivity index (χ1v) is 6.82. The Hall–Kier alpha value is -3.56. The van der Waals surface area contributed by atoms with Crippen molar-refractivity contribution in [2.24, 2.45) is 5.10 Å². The number of nitro groups is 1. The molecule has 0 aliphatic heterocycles. The highest BCUT2D eigenvalue weighted by atomic mass is 16.6. The number of hydrogen-bond donors (Lipinski definition) is 2. The summed E-state index contributed by atoms with van der Waals surface area (Å²) >= 11 is 0. The topological polar surface area (TPSA) is 139 Å². The van der Waals surface area contributed by atoms with Crippen molar-refractivity contribution in [1.29, 1.82) is 0 Å². The second kappa shape index (κ2) is 7.63. The molecule has 1 aromatic carbocycles. The highest BCUT2D eigenvalue weighted by Crippen LogP contribution is 2.10. The number of carbonyl (C=O) groups excluding carboxylic acids is 1. The number of aryl methyl sites for hydroxylation is 1. The Morgan fingerprint density at radius 3 is 2.62 bits per heavy atom. The van der Waals surface area contributed by atoms with Crippen molar-refractivity contribution in [3.63, 3.8) is 0 Å². The first-order chi connectivity index (χ1) is 11.5. The molecule has 1 aromatic heterocycles. The molecular formula is C14H13N5O5. The van der Waals surface area contributed by atoms with Crippen molar-refractivity contribution in [1.82, 2.24) is 15.0 Å². The minimum Gasteiger partial charge on any atom is -0.300 e. The fourth-order valence-corrected chi connectivity index (χ4v) is 1.76. The van der Waals surface area contributed by atoms with Crippen molar-refractivity contribution in [2.45, 2.75) is 13.0 Å². The predicted octanol–water partition coefficient (Wildman–Crippen LogP) is -0.0148. The molecule has 2 N–H and O–H groups in total. The Balaban J connectivity index is 1.85. The number of H-pyrrole nitrogens is 1. The number of carbonyl (C=O) groups is 1. The zero-order chi connectivity index (χ0) is 17.5. The monoisotopic (exact) mass is 331 g/mol. The summed E-state index contributed by atoms with van der Waals surface area (Å²) in [7, 11) is 0. The molecule has 0 aliphatic rings. The van der Waals surface area contributed by atoms with Gasteiger partial charge in [-0.1, -0.05) is 0 Å². The van der Waals surface area contributed by atoms with Crippen LogP contribution in [0.2, 0.25) is 0 Å². The molecule has 1 amide bonds. The van der Waals surface area contributed by atoms with Crippen molar-refractivity contribution < 1.29 is 9.72 Å². The summed E-state index contributed by atoms with van der Waals surface area (Å²) < 4.78 is 1.20. The largest absolute Gasteiger partial charge is 0.328 e. The number of benzene rings is 1. The summed E-state index contributed by atoms with van der Waals surface area (Å²) in [4.78, 5) is 46.1. The summed E-state index contributed by atoms with van der Waals surface area (Å²) in [6, 6.07) is 6.82. The van der Waals surface area contributed by atoms with Gasteiger partial charge in [-0.15, -0.1) is 0 Å². The van der Waals surface area contributed by atoms with E-state index in [0.29, 0.717) is 5.56 Å². The molecule has 0 atom stereocenters. The second-order valence-corrected chi connectivity index (χ2v) is 4.70. The molecule has 0 unspecified atom stereocenters. The van der Waals surface area contributed by atoms with Gasteiger partial charge in [-0.25, -0.2) is 10.2 Å². The van der Waals surface area contributed by atoms with Crippen LogP contribution >= 0.6 is 0 Å². The van der Waals surface area contributed by atoms with Gasteiger partial charge in [0.1, 0.15) is 0 Å². The smallest absolute Gasteiger partial charge is 0.300 e. The van der Waals surface area contributed by atoms with E-state index < -0.39 is 22.1 Å². The van der Waals surface area contributed by atoms with Crippen LogP contribution in [-0.2, 0) is 11.3 Å². The van der Waals surface area contributed by atoms with E-state index in [4.69, 9.17) is 0 Å². The highest BCUT2D eigenvalue weighted by Gasteiger charge is 2.04. The maximum absolute atomic E-state index is 11.6. The number of rotatable bonds is 6. The molecule has 24 heavy (non-hydrogen) atoms. The number of nitrogens with zero attached hydrogens (tertiary/aromatic N) is 3. The normalized spacial score (nSPS) is 10.7. The van der Waals surface area contributed by atoms with Crippen molar-refractivity contribution in [3.05, 3.63) is 73.0 Å². The number of hydrazone groups is 1. The van der Waals surface area contributed by atoms with E-state index in [2.05, 4.69) is 15.5 Å². The minimum atomic E-state index is -0.593. The number of hydrogen-bond acceptors (Lipinski definition) is 6. The summed E-state index contributed by atoms with van der Waals surface area (Å²) in [5.41, 5.74) is 1.72. The van der Waals surface area contributed by atoms with E-state index in [1.807, 2.05) is 0 Å². The van der Waals surface area contributed by atoms with Gasteiger partial charge in [-0.05, 0) is 17.7 Å². The lowest BCUT2D eigenvalue weighted by Gasteiger charge is -2.03. The SMILES string of the molecule is O=C(CCn1ccc(=O)[nH]c1=O)NN=Cc1ccc([N+](=O)[O-])cc1.